The minimum absolute atomic E-state index is 0.207. The lowest BCUT2D eigenvalue weighted by Crippen LogP contribution is -2.12. The molecule has 0 aliphatic rings. The number of benzene rings is 8. The van der Waals surface area contributed by atoms with E-state index < -0.39 is 0 Å². The Labute approximate surface area is 355 Å². The Kier molecular flexibility index (Phi) is 13.4. The van der Waals surface area contributed by atoms with Crippen molar-refractivity contribution in [1.29, 1.82) is 0 Å². The van der Waals surface area contributed by atoms with E-state index in [0.717, 1.165) is 76.8 Å². The Morgan fingerprint density at radius 1 is 0.443 bits per heavy atom. The molecule has 0 unspecified atom stereocenters. The average molecular weight is 806 g/mol. The van der Waals surface area contributed by atoms with Gasteiger partial charge in [0.15, 0.2) is 0 Å². The molecule has 0 aliphatic heterocycles. The summed E-state index contributed by atoms with van der Waals surface area (Å²) in [5, 5.41) is 12.4. The molecule has 61 heavy (non-hydrogen) atoms. The summed E-state index contributed by atoms with van der Waals surface area (Å²) in [4.78, 5) is 25.1. The number of fused-ring (bicyclic) bond motifs is 4. The lowest BCUT2D eigenvalue weighted by Gasteiger charge is -2.11. The fourth-order valence-corrected chi connectivity index (χ4v) is 7.52. The van der Waals surface area contributed by atoms with Gasteiger partial charge in [-0.1, -0.05) is 133 Å². The van der Waals surface area contributed by atoms with Crippen LogP contribution in [-0.4, -0.2) is 25.2 Å². The van der Waals surface area contributed by atoms with Crippen LogP contribution in [-0.2, 0) is 45.4 Å². The van der Waals surface area contributed by atoms with E-state index in [-0.39, 0.29) is 25.2 Å². The van der Waals surface area contributed by atoms with Gasteiger partial charge in [-0.15, -0.1) is 0 Å². The summed E-state index contributed by atoms with van der Waals surface area (Å²) in [5.74, 6) is 0.808. The third kappa shape index (κ3) is 10.7. The SMILES string of the molecule is O=C(/C=C/CCOc1ccc(CNCc2ccc(OCC/C=C/C(=O)OCc3c4ccccc4cc4ccccc34)cc2)cc1)OCc1c2ccccc2cc2ccccc12. The molecule has 0 fully saturated rings. The number of ether oxygens (including phenoxy) is 4. The van der Waals surface area contributed by atoms with Crippen LogP contribution in [0.25, 0.3) is 43.1 Å². The molecule has 0 aliphatic carbocycles. The van der Waals surface area contributed by atoms with Crippen molar-refractivity contribution >= 4 is 55.0 Å². The fraction of sp³-hybridized carbons (Fsp3) is 0.148. The standard InChI is InChI=1S/C54H47NO6/c56-53(60-37-51-47-17-5-1-13-41(47)33-42-14-2-6-18-48(42)51)21-9-11-31-58-45-27-23-39(24-28-45)35-55-36-40-25-29-46(30-26-40)59-32-12-10-22-54(57)61-38-52-49-19-7-3-15-43(49)34-44-16-4-8-20-50(44)52/h1-10,13-30,33-34,55H,11-12,31-32,35-38H2/b21-9+,22-10+. The van der Waals surface area contributed by atoms with Crippen LogP contribution in [0.4, 0.5) is 0 Å². The second-order valence-corrected chi connectivity index (χ2v) is 14.8. The van der Waals surface area contributed by atoms with Crippen LogP contribution >= 0.6 is 0 Å². The van der Waals surface area contributed by atoms with Crippen molar-refractivity contribution in [2.45, 2.75) is 39.1 Å². The molecule has 0 heterocycles. The molecule has 7 nitrogen and oxygen atoms in total. The van der Waals surface area contributed by atoms with Crippen molar-refractivity contribution in [2.24, 2.45) is 0 Å². The van der Waals surface area contributed by atoms with Gasteiger partial charge in [-0.05, 0) is 103 Å². The molecule has 7 heteroatoms. The zero-order valence-electron chi connectivity index (χ0n) is 33.9. The van der Waals surface area contributed by atoms with Gasteiger partial charge in [0, 0.05) is 36.4 Å². The van der Waals surface area contributed by atoms with Crippen molar-refractivity contribution in [1.82, 2.24) is 5.32 Å². The largest absolute Gasteiger partial charge is 0.493 e. The topological polar surface area (TPSA) is 83.1 Å². The van der Waals surface area contributed by atoms with Gasteiger partial charge in [-0.2, -0.15) is 0 Å². The van der Waals surface area contributed by atoms with Crippen LogP contribution in [0.1, 0.15) is 35.1 Å². The second kappa shape index (κ2) is 20.2. The third-order valence-electron chi connectivity index (χ3n) is 10.6. The lowest BCUT2D eigenvalue weighted by atomic mass is 9.97. The highest BCUT2D eigenvalue weighted by Gasteiger charge is 2.11. The van der Waals surface area contributed by atoms with Gasteiger partial charge in [0.2, 0.25) is 0 Å². The van der Waals surface area contributed by atoms with E-state index in [1.165, 1.54) is 12.2 Å². The van der Waals surface area contributed by atoms with Crippen LogP contribution in [0, 0.1) is 0 Å². The maximum atomic E-state index is 12.5. The summed E-state index contributed by atoms with van der Waals surface area (Å²) in [6, 6.07) is 53.1. The van der Waals surface area contributed by atoms with Gasteiger partial charge >= 0.3 is 11.9 Å². The number of esters is 2. The van der Waals surface area contributed by atoms with Gasteiger partial charge < -0.3 is 24.3 Å². The van der Waals surface area contributed by atoms with Gasteiger partial charge in [0.1, 0.15) is 24.7 Å². The van der Waals surface area contributed by atoms with Crippen LogP contribution in [0.2, 0.25) is 0 Å². The summed E-state index contributed by atoms with van der Waals surface area (Å²) in [6.07, 6.45) is 7.69. The highest BCUT2D eigenvalue weighted by Crippen LogP contribution is 2.30. The second-order valence-electron chi connectivity index (χ2n) is 14.8. The van der Waals surface area contributed by atoms with E-state index in [1.54, 1.807) is 12.2 Å². The lowest BCUT2D eigenvalue weighted by molar-refractivity contribution is -0.139. The van der Waals surface area contributed by atoms with Crippen molar-refractivity contribution in [3.63, 3.8) is 0 Å². The zero-order chi connectivity index (χ0) is 41.6. The molecule has 8 rings (SSSR count). The quantitative estimate of drug-likeness (QED) is 0.0400. The van der Waals surface area contributed by atoms with Gasteiger partial charge in [-0.25, -0.2) is 9.59 Å². The number of hydrogen-bond acceptors (Lipinski definition) is 7. The van der Waals surface area contributed by atoms with E-state index >= 15 is 0 Å². The predicted octanol–water partition coefficient (Wildman–Crippen LogP) is 11.7. The number of hydrogen-bond donors (Lipinski definition) is 1. The first-order valence-corrected chi connectivity index (χ1v) is 20.7. The molecule has 0 bridgehead atoms. The molecule has 0 aromatic heterocycles. The minimum atomic E-state index is -0.373. The van der Waals surface area contributed by atoms with E-state index in [9.17, 15) is 9.59 Å². The van der Waals surface area contributed by atoms with Gasteiger partial charge in [0.25, 0.3) is 0 Å². The Morgan fingerprint density at radius 3 is 1.15 bits per heavy atom. The van der Waals surface area contributed by atoms with E-state index in [2.05, 4.69) is 66.0 Å². The van der Waals surface area contributed by atoms with Crippen molar-refractivity contribution < 1.29 is 28.5 Å². The maximum absolute atomic E-state index is 12.5. The summed E-state index contributed by atoms with van der Waals surface area (Å²) < 4.78 is 23.1. The third-order valence-corrected chi connectivity index (χ3v) is 10.6. The molecule has 8 aromatic rings. The number of carbonyl (C=O) groups excluding carboxylic acids is 2. The predicted molar refractivity (Wildman–Crippen MR) is 244 cm³/mol. The molecule has 304 valence electrons. The van der Waals surface area contributed by atoms with Crippen molar-refractivity contribution in [2.75, 3.05) is 13.2 Å². The summed E-state index contributed by atoms with van der Waals surface area (Å²) >= 11 is 0. The summed E-state index contributed by atoms with van der Waals surface area (Å²) in [7, 11) is 0. The summed E-state index contributed by atoms with van der Waals surface area (Å²) in [5.41, 5.74) is 4.32. The number of carbonyl (C=O) groups is 2. The Morgan fingerprint density at radius 2 is 0.787 bits per heavy atom. The van der Waals surface area contributed by atoms with Crippen LogP contribution in [0.15, 0.2) is 182 Å². The molecule has 0 spiro atoms. The Balaban J connectivity index is 0.697. The molecular weight excluding hydrogens is 759 g/mol. The minimum Gasteiger partial charge on any atom is -0.493 e. The first kappa shape index (κ1) is 40.6. The Hall–Kier alpha value is -7.22. The molecule has 1 N–H and O–H groups in total. The molecule has 8 aromatic carbocycles. The zero-order valence-corrected chi connectivity index (χ0v) is 33.9. The normalized spacial score (nSPS) is 11.5. The molecule has 0 radical (unpaired) electrons. The monoisotopic (exact) mass is 805 g/mol. The van der Waals surface area contributed by atoms with E-state index in [0.29, 0.717) is 39.1 Å². The van der Waals surface area contributed by atoms with Crippen molar-refractivity contribution in [3.05, 3.63) is 204 Å². The first-order valence-electron chi connectivity index (χ1n) is 20.7. The van der Waals surface area contributed by atoms with Crippen LogP contribution < -0.4 is 14.8 Å². The number of rotatable bonds is 18. The van der Waals surface area contributed by atoms with Crippen LogP contribution in [0.3, 0.4) is 0 Å². The highest BCUT2D eigenvalue weighted by molar-refractivity contribution is 6.03. The maximum Gasteiger partial charge on any atom is 0.330 e. The summed E-state index contributed by atoms with van der Waals surface area (Å²) in [6.45, 7) is 2.74. The molecule has 0 amide bonds. The number of nitrogens with one attached hydrogen (secondary N) is 1. The molecule has 0 atom stereocenters. The molecule has 0 saturated carbocycles. The van der Waals surface area contributed by atoms with Crippen molar-refractivity contribution in [3.8, 4) is 11.5 Å². The molecule has 0 saturated heterocycles. The van der Waals surface area contributed by atoms with E-state index in [4.69, 9.17) is 18.9 Å². The van der Waals surface area contributed by atoms with Gasteiger partial charge in [-0.3, -0.25) is 0 Å². The van der Waals surface area contributed by atoms with Crippen LogP contribution in [0.5, 0.6) is 11.5 Å². The van der Waals surface area contributed by atoms with E-state index in [1.807, 2.05) is 97.1 Å². The molecular formula is C54H47NO6. The smallest absolute Gasteiger partial charge is 0.330 e. The Bertz CT molecular complexity index is 2520. The van der Waals surface area contributed by atoms with Gasteiger partial charge in [0.05, 0.1) is 13.2 Å². The fourth-order valence-electron chi connectivity index (χ4n) is 7.52. The first-order chi connectivity index (χ1) is 30.1. The highest BCUT2D eigenvalue weighted by atomic mass is 16.5. The average Bonchev–Trinajstić information content (AvgIpc) is 3.30.